The third-order valence-corrected chi connectivity index (χ3v) is 2.19. The summed E-state index contributed by atoms with van der Waals surface area (Å²) in [5, 5.41) is 3.01. The highest BCUT2D eigenvalue weighted by Gasteiger charge is 2.00. The Labute approximate surface area is 92.3 Å². The molecule has 0 aliphatic carbocycles. The highest BCUT2D eigenvalue weighted by Crippen LogP contribution is 2.20. The second-order valence-electron chi connectivity index (χ2n) is 3.48. The normalized spacial score (nSPS) is 10.1. The van der Waals surface area contributed by atoms with Crippen molar-refractivity contribution in [3.05, 3.63) is 46.4 Å². The summed E-state index contributed by atoms with van der Waals surface area (Å²) in [4.78, 5) is 17.7. The Morgan fingerprint density at radius 3 is 2.94 bits per heavy atom. The minimum atomic E-state index is -0.195. The Kier molecular flexibility index (Phi) is 2.59. The minimum absolute atomic E-state index is 0.195. The first-order chi connectivity index (χ1) is 7.65. The molecule has 2 aromatic rings. The maximum atomic E-state index is 11.1. The summed E-state index contributed by atoms with van der Waals surface area (Å²) < 4.78 is 0. The average Bonchev–Trinajstić information content (AvgIpc) is 2.24. The second kappa shape index (κ2) is 4.06. The van der Waals surface area contributed by atoms with Crippen LogP contribution in [0.4, 0.5) is 17.3 Å². The molecule has 1 aromatic carbocycles. The molecule has 0 unspecified atom stereocenters. The van der Waals surface area contributed by atoms with Crippen LogP contribution < -0.4 is 16.6 Å². The molecule has 0 atom stereocenters. The van der Waals surface area contributed by atoms with E-state index in [-0.39, 0.29) is 5.56 Å². The number of benzene rings is 1. The van der Waals surface area contributed by atoms with Gasteiger partial charge in [0.2, 0.25) is 5.95 Å². The number of rotatable bonds is 2. The SMILES string of the molecule is Cc1ccc(N)cc1Nc1nccc(=O)[nH]1. The maximum absolute atomic E-state index is 11.1. The molecule has 5 heteroatoms. The molecule has 1 aromatic heterocycles. The van der Waals surface area contributed by atoms with Crippen LogP contribution in [0.25, 0.3) is 0 Å². The third kappa shape index (κ3) is 2.20. The van der Waals surface area contributed by atoms with Gasteiger partial charge in [-0.1, -0.05) is 6.07 Å². The molecule has 4 N–H and O–H groups in total. The van der Waals surface area contributed by atoms with Crippen LogP contribution in [0.2, 0.25) is 0 Å². The van der Waals surface area contributed by atoms with Gasteiger partial charge in [-0.05, 0) is 24.6 Å². The molecule has 0 radical (unpaired) electrons. The molecule has 82 valence electrons. The highest BCUT2D eigenvalue weighted by molar-refractivity contribution is 5.63. The Morgan fingerprint density at radius 1 is 1.38 bits per heavy atom. The van der Waals surface area contributed by atoms with E-state index in [1.165, 1.54) is 12.3 Å². The van der Waals surface area contributed by atoms with Gasteiger partial charge in [0.25, 0.3) is 5.56 Å². The van der Waals surface area contributed by atoms with Gasteiger partial charge in [0.15, 0.2) is 0 Å². The van der Waals surface area contributed by atoms with Crippen LogP contribution in [0.5, 0.6) is 0 Å². The zero-order chi connectivity index (χ0) is 11.5. The van der Waals surface area contributed by atoms with Crippen molar-refractivity contribution in [3.8, 4) is 0 Å². The Bertz CT molecular complexity index is 562. The van der Waals surface area contributed by atoms with E-state index in [0.717, 1.165) is 11.3 Å². The summed E-state index contributed by atoms with van der Waals surface area (Å²) in [6, 6.07) is 6.88. The molecule has 0 bridgehead atoms. The van der Waals surface area contributed by atoms with Crippen molar-refractivity contribution in [2.24, 2.45) is 0 Å². The van der Waals surface area contributed by atoms with Crippen molar-refractivity contribution in [2.45, 2.75) is 6.92 Å². The van der Waals surface area contributed by atoms with Crippen molar-refractivity contribution in [3.63, 3.8) is 0 Å². The van der Waals surface area contributed by atoms with Crippen molar-refractivity contribution < 1.29 is 0 Å². The zero-order valence-electron chi connectivity index (χ0n) is 8.82. The molecule has 0 spiro atoms. The Balaban J connectivity index is 2.33. The first-order valence-corrected chi connectivity index (χ1v) is 4.83. The number of aromatic amines is 1. The zero-order valence-corrected chi connectivity index (χ0v) is 8.82. The lowest BCUT2D eigenvalue weighted by Gasteiger charge is -2.08. The van der Waals surface area contributed by atoms with Crippen LogP contribution in [0.1, 0.15) is 5.56 Å². The molecule has 1 heterocycles. The predicted molar refractivity (Wildman–Crippen MR) is 63.7 cm³/mol. The number of aryl methyl sites for hydroxylation is 1. The molecule has 0 fully saturated rings. The van der Waals surface area contributed by atoms with E-state index in [1.807, 2.05) is 19.1 Å². The smallest absolute Gasteiger partial charge is 0.252 e. The van der Waals surface area contributed by atoms with Gasteiger partial charge in [0, 0.05) is 23.6 Å². The fourth-order valence-electron chi connectivity index (χ4n) is 1.34. The molecule has 0 aliphatic rings. The number of H-pyrrole nitrogens is 1. The van der Waals surface area contributed by atoms with Gasteiger partial charge in [-0.3, -0.25) is 9.78 Å². The van der Waals surface area contributed by atoms with Gasteiger partial charge in [0.05, 0.1) is 0 Å². The maximum Gasteiger partial charge on any atom is 0.252 e. The largest absolute Gasteiger partial charge is 0.399 e. The van der Waals surface area contributed by atoms with E-state index >= 15 is 0 Å². The number of nitrogens with one attached hydrogen (secondary N) is 2. The summed E-state index contributed by atoms with van der Waals surface area (Å²) in [6.45, 7) is 1.95. The number of hydrogen-bond donors (Lipinski definition) is 3. The quantitative estimate of drug-likeness (QED) is 0.662. The van der Waals surface area contributed by atoms with Crippen LogP contribution in [0.3, 0.4) is 0 Å². The fraction of sp³-hybridized carbons (Fsp3) is 0.0909. The summed E-state index contributed by atoms with van der Waals surface area (Å²) in [7, 11) is 0. The lowest BCUT2D eigenvalue weighted by molar-refractivity contribution is 1.12. The van der Waals surface area contributed by atoms with Crippen LogP contribution in [-0.4, -0.2) is 9.97 Å². The van der Waals surface area contributed by atoms with Gasteiger partial charge in [-0.15, -0.1) is 0 Å². The number of nitrogens with two attached hydrogens (primary N) is 1. The van der Waals surface area contributed by atoms with Gasteiger partial charge >= 0.3 is 0 Å². The summed E-state index contributed by atoms with van der Waals surface area (Å²) in [6.07, 6.45) is 1.45. The summed E-state index contributed by atoms with van der Waals surface area (Å²) in [5.41, 5.74) is 8.00. The van der Waals surface area contributed by atoms with Crippen LogP contribution in [0.15, 0.2) is 35.3 Å². The summed E-state index contributed by atoms with van der Waals surface area (Å²) in [5.74, 6) is 0.404. The number of aromatic nitrogens is 2. The average molecular weight is 216 g/mol. The van der Waals surface area contributed by atoms with E-state index in [4.69, 9.17) is 5.73 Å². The number of hydrogen-bond acceptors (Lipinski definition) is 4. The molecule has 5 nitrogen and oxygen atoms in total. The molecule has 16 heavy (non-hydrogen) atoms. The lowest BCUT2D eigenvalue weighted by atomic mass is 10.2. The van der Waals surface area contributed by atoms with E-state index in [9.17, 15) is 4.79 Å². The van der Waals surface area contributed by atoms with Crippen molar-refractivity contribution in [1.82, 2.24) is 9.97 Å². The van der Waals surface area contributed by atoms with Gasteiger partial charge < -0.3 is 11.1 Å². The molecular formula is C11H12N4O. The topological polar surface area (TPSA) is 83.8 Å². The monoisotopic (exact) mass is 216 g/mol. The molecule has 0 saturated heterocycles. The highest BCUT2D eigenvalue weighted by atomic mass is 16.1. The van der Waals surface area contributed by atoms with E-state index in [0.29, 0.717) is 11.6 Å². The fourth-order valence-corrected chi connectivity index (χ4v) is 1.34. The summed E-state index contributed by atoms with van der Waals surface area (Å²) >= 11 is 0. The number of anilines is 3. The molecule has 0 aliphatic heterocycles. The Morgan fingerprint density at radius 2 is 2.19 bits per heavy atom. The van der Waals surface area contributed by atoms with Gasteiger partial charge in [-0.25, -0.2) is 4.98 Å². The van der Waals surface area contributed by atoms with Gasteiger partial charge in [-0.2, -0.15) is 0 Å². The van der Waals surface area contributed by atoms with Crippen LogP contribution >= 0.6 is 0 Å². The van der Waals surface area contributed by atoms with Crippen molar-refractivity contribution in [1.29, 1.82) is 0 Å². The first kappa shape index (κ1) is 10.2. The minimum Gasteiger partial charge on any atom is -0.399 e. The van der Waals surface area contributed by atoms with E-state index < -0.39 is 0 Å². The second-order valence-corrected chi connectivity index (χ2v) is 3.48. The predicted octanol–water partition coefficient (Wildman–Crippen LogP) is 1.40. The van der Waals surface area contributed by atoms with E-state index in [1.54, 1.807) is 6.07 Å². The Hall–Kier alpha value is -2.30. The lowest BCUT2D eigenvalue weighted by Crippen LogP contribution is -2.08. The van der Waals surface area contributed by atoms with E-state index in [2.05, 4.69) is 15.3 Å². The van der Waals surface area contributed by atoms with Crippen molar-refractivity contribution >= 4 is 17.3 Å². The van der Waals surface area contributed by atoms with Crippen LogP contribution in [-0.2, 0) is 0 Å². The molecule has 0 saturated carbocycles. The van der Waals surface area contributed by atoms with Crippen LogP contribution in [0, 0.1) is 6.92 Å². The first-order valence-electron chi connectivity index (χ1n) is 4.83. The molecule has 0 amide bonds. The molecular weight excluding hydrogens is 204 g/mol. The standard InChI is InChI=1S/C11H12N4O/c1-7-2-3-8(12)6-9(7)14-11-13-5-4-10(16)15-11/h2-6H,12H2,1H3,(H2,13,14,15,16). The van der Waals surface area contributed by atoms with Gasteiger partial charge in [0.1, 0.15) is 0 Å². The number of nitrogen functional groups attached to an aromatic ring is 1. The molecule has 2 rings (SSSR count). The van der Waals surface area contributed by atoms with Crippen molar-refractivity contribution in [2.75, 3.05) is 11.1 Å². The third-order valence-electron chi connectivity index (χ3n) is 2.19. The number of nitrogens with zero attached hydrogens (tertiary/aromatic N) is 1.